The van der Waals surface area contributed by atoms with Crippen LogP contribution in [0.4, 0.5) is 10.1 Å². The zero-order valence-electron chi connectivity index (χ0n) is 9.56. The Bertz CT molecular complexity index is 496. The van der Waals surface area contributed by atoms with Gasteiger partial charge in [-0.25, -0.2) is 4.39 Å². The summed E-state index contributed by atoms with van der Waals surface area (Å²) in [6.07, 6.45) is 0. The maximum absolute atomic E-state index is 13.0. The first-order valence-electron chi connectivity index (χ1n) is 5.34. The van der Waals surface area contributed by atoms with Crippen molar-refractivity contribution >= 4 is 5.69 Å². The summed E-state index contributed by atoms with van der Waals surface area (Å²) < 4.78 is 18.4. The Hall–Kier alpha value is -1.81. The van der Waals surface area contributed by atoms with E-state index < -0.39 is 0 Å². The Balaban J connectivity index is 2.08. The Labute approximate surface area is 99.1 Å². The average Bonchev–Trinajstić information content (AvgIpc) is 2.77. The summed E-state index contributed by atoms with van der Waals surface area (Å²) in [7, 11) is 1.86. The highest BCUT2D eigenvalue weighted by atomic mass is 19.1. The highest BCUT2D eigenvalue weighted by molar-refractivity contribution is 5.45. The van der Waals surface area contributed by atoms with E-state index in [9.17, 15) is 4.39 Å². The zero-order chi connectivity index (χ0) is 12.3. The van der Waals surface area contributed by atoms with Gasteiger partial charge < -0.3 is 14.4 Å². The number of aliphatic hydroxyl groups is 1. The average molecular weight is 235 g/mol. The lowest BCUT2D eigenvalue weighted by Crippen LogP contribution is -2.15. The molecule has 0 unspecified atom stereocenters. The van der Waals surface area contributed by atoms with Gasteiger partial charge >= 0.3 is 0 Å². The Morgan fingerprint density at radius 3 is 2.65 bits per heavy atom. The van der Waals surface area contributed by atoms with Crippen LogP contribution in [0.2, 0.25) is 0 Å². The number of aliphatic hydroxyl groups excluding tert-OH is 1. The van der Waals surface area contributed by atoms with Gasteiger partial charge in [-0.15, -0.1) is 0 Å². The van der Waals surface area contributed by atoms with Crippen LogP contribution < -0.4 is 4.90 Å². The second-order valence-corrected chi connectivity index (χ2v) is 3.86. The number of hydrogen-bond acceptors (Lipinski definition) is 3. The summed E-state index contributed by atoms with van der Waals surface area (Å²) in [6.45, 7) is 0.424. The molecule has 0 aliphatic rings. The van der Waals surface area contributed by atoms with Crippen LogP contribution in [0.5, 0.6) is 0 Å². The van der Waals surface area contributed by atoms with Crippen LogP contribution in [-0.2, 0) is 13.2 Å². The van der Waals surface area contributed by atoms with Gasteiger partial charge in [0.1, 0.15) is 23.9 Å². The molecule has 0 saturated carbocycles. The van der Waals surface area contributed by atoms with E-state index in [1.165, 1.54) is 12.1 Å². The van der Waals surface area contributed by atoms with Crippen molar-refractivity contribution in [3.8, 4) is 0 Å². The summed E-state index contributed by atoms with van der Waals surface area (Å²) in [6, 6.07) is 9.92. The summed E-state index contributed by atoms with van der Waals surface area (Å²) in [5, 5.41) is 8.88. The molecule has 1 aromatic carbocycles. The third-order valence-electron chi connectivity index (χ3n) is 2.52. The van der Waals surface area contributed by atoms with E-state index in [4.69, 9.17) is 9.52 Å². The molecule has 0 spiro atoms. The van der Waals surface area contributed by atoms with Gasteiger partial charge in [-0.05, 0) is 30.3 Å². The normalized spacial score (nSPS) is 10.5. The maximum atomic E-state index is 13.0. The lowest BCUT2D eigenvalue weighted by molar-refractivity contribution is 0.243. The molecule has 3 nitrogen and oxygen atoms in total. The molecule has 0 fully saturated rings. The molecular formula is C13H14FNO2. The van der Waals surface area contributed by atoms with Crippen LogP contribution >= 0.6 is 0 Å². The summed E-state index contributed by atoms with van der Waals surface area (Å²) >= 11 is 0. The molecular weight excluding hydrogens is 221 g/mol. The van der Waals surface area contributed by atoms with Gasteiger partial charge in [0, 0.05) is 12.7 Å². The third-order valence-corrected chi connectivity index (χ3v) is 2.52. The van der Waals surface area contributed by atoms with E-state index in [-0.39, 0.29) is 12.4 Å². The molecule has 0 radical (unpaired) electrons. The minimum Gasteiger partial charge on any atom is -0.462 e. The van der Waals surface area contributed by atoms with Crippen molar-refractivity contribution in [3.63, 3.8) is 0 Å². The molecule has 1 aromatic heterocycles. The van der Waals surface area contributed by atoms with Gasteiger partial charge in [0.2, 0.25) is 0 Å². The summed E-state index contributed by atoms with van der Waals surface area (Å²) in [5.74, 6) is 1.01. The number of rotatable bonds is 4. The summed E-state index contributed by atoms with van der Waals surface area (Å²) in [4.78, 5) is 1.88. The van der Waals surface area contributed by atoms with E-state index in [1.54, 1.807) is 18.2 Å². The van der Waals surface area contributed by atoms with Crippen LogP contribution in [-0.4, -0.2) is 12.2 Å². The maximum Gasteiger partial charge on any atom is 0.129 e. The lowest BCUT2D eigenvalue weighted by atomic mass is 10.3. The van der Waals surface area contributed by atoms with Crippen LogP contribution in [0.25, 0.3) is 0 Å². The molecule has 0 atom stereocenters. The van der Waals surface area contributed by atoms with Gasteiger partial charge in [-0.2, -0.15) is 0 Å². The number of halogens is 1. The molecule has 0 bridgehead atoms. The number of benzene rings is 1. The summed E-state index contributed by atoms with van der Waals surface area (Å²) in [5.41, 5.74) is 0.784. The fourth-order valence-corrected chi connectivity index (χ4v) is 1.63. The highest BCUT2D eigenvalue weighted by Crippen LogP contribution is 2.17. The van der Waals surface area contributed by atoms with Gasteiger partial charge in [0.25, 0.3) is 0 Å². The van der Waals surface area contributed by atoms with Crippen molar-refractivity contribution in [1.82, 2.24) is 0 Å². The molecule has 0 aliphatic carbocycles. The number of nitrogens with zero attached hydrogens (tertiary/aromatic N) is 1. The fraction of sp³-hybridized carbons (Fsp3) is 0.231. The number of hydrogen-bond donors (Lipinski definition) is 1. The molecule has 2 aromatic rings. The van der Waals surface area contributed by atoms with Crippen LogP contribution in [0.1, 0.15) is 11.5 Å². The van der Waals surface area contributed by atoms with Gasteiger partial charge in [0.15, 0.2) is 0 Å². The molecule has 17 heavy (non-hydrogen) atoms. The van der Waals surface area contributed by atoms with E-state index in [0.29, 0.717) is 12.3 Å². The molecule has 0 amide bonds. The van der Waals surface area contributed by atoms with Crippen molar-refractivity contribution in [3.05, 3.63) is 53.7 Å². The van der Waals surface area contributed by atoms with Gasteiger partial charge in [-0.3, -0.25) is 0 Å². The van der Waals surface area contributed by atoms with E-state index >= 15 is 0 Å². The van der Waals surface area contributed by atoms with Crippen molar-refractivity contribution < 1.29 is 13.9 Å². The third kappa shape index (κ3) is 2.85. The predicted octanol–water partition coefficient (Wildman–Crippen LogP) is 2.55. The first kappa shape index (κ1) is 11.7. The number of anilines is 1. The van der Waals surface area contributed by atoms with Crippen molar-refractivity contribution in [2.24, 2.45) is 0 Å². The fourth-order valence-electron chi connectivity index (χ4n) is 1.63. The molecule has 1 N–H and O–H groups in total. The van der Waals surface area contributed by atoms with Crippen molar-refractivity contribution in [2.45, 2.75) is 13.2 Å². The topological polar surface area (TPSA) is 36.6 Å². The van der Waals surface area contributed by atoms with Crippen LogP contribution in [0, 0.1) is 5.82 Å². The lowest BCUT2D eigenvalue weighted by Gasteiger charge is -2.17. The minimum atomic E-state index is -0.259. The molecule has 1 heterocycles. The van der Waals surface area contributed by atoms with Crippen molar-refractivity contribution in [2.75, 3.05) is 11.9 Å². The zero-order valence-corrected chi connectivity index (χ0v) is 9.56. The quantitative estimate of drug-likeness (QED) is 0.884. The Morgan fingerprint density at radius 2 is 2.00 bits per heavy atom. The largest absolute Gasteiger partial charge is 0.462 e. The molecule has 4 heteroatoms. The minimum absolute atomic E-state index is 0.107. The predicted molar refractivity (Wildman–Crippen MR) is 63.1 cm³/mol. The van der Waals surface area contributed by atoms with Crippen molar-refractivity contribution in [1.29, 1.82) is 0 Å². The van der Waals surface area contributed by atoms with Gasteiger partial charge in [0.05, 0.1) is 6.54 Å². The standard InChI is InChI=1S/C13H14FNO2/c1-15(11-4-2-3-10(14)7-11)8-12-5-6-13(9-16)17-12/h2-7,16H,8-9H2,1H3. The monoisotopic (exact) mass is 235 g/mol. The molecule has 0 saturated heterocycles. The van der Waals surface area contributed by atoms with Gasteiger partial charge in [-0.1, -0.05) is 6.07 Å². The van der Waals surface area contributed by atoms with Crippen LogP contribution in [0.3, 0.4) is 0 Å². The molecule has 90 valence electrons. The first-order chi connectivity index (χ1) is 8.19. The smallest absolute Gasteiger partial charge is 0.129 e. The molecule has 2 rings (SSSR count). The van der Waals surface area contributed by atoms with Crippen LogP contribution in [0.15, 0.2) is 40.8 Å². The van der Waals surface area contributed by atoms with E-state index in [0.717, 1.165) is 11.4 Å². The Kier molecular flexibility index (Phi) is 3.44. The SMILES string of the molecule is CN(Cc1ccc(CO)o1)c1cccc(F)c1. The second-order valence-electron chi connectivity index (χ2n) is 3.86. The van der Waals surface area contributed by atoms with E-state index in [2.05, 4.69) is 0 Å². The highest BCUT2D eigenvalue weighted by Gasteiger charge is 2.06. The first-order valence-corrected chi connectivity index (χ1v) is 5.34. The number of furan rings is 1. The van der Waals surface area contributed by atoms with E-state index in [1.807, 2.05) is 18.0 Å². The Morgan fingerprint density at radius 1 is 1.24 bits per heavy atom. The second kappa shape index (κ2) is 5.01. The molecule has 0 aliphatic heterocycles.